The maximum Gasteiger partial charge on any atom is 0.240 e. The van der Waals surface area contributed by atoms with E-state index in [9.17, 15) is 0 Å². The van der Waals surface area contributed by atoms with Crippen molar-refractivity contribution in [1.29, 1.82) is 0 Å². The first-order valence-corrected chi connectivity index (χ1v) is 6.78. The summed E-state index contributed by atoms with van der Waals surface area (Å²) in [7, 11) is 0. The molecule has 0 saturated heterocycles. The average Bonchev–Trinajstić information content (AvgIpc) is 2.89. The zero-order chi connectivity index (χ0) is 14.4. The molecule has 21 heavy (non-hydrogen) atoms. The number of hydrogen-bond donors (Lipinski definition) is 1. The summed E-state index contributed by atoms with van der Waals surface area (Å²) in [4.78, 5) is 8.97. The van der Waals surface area contributed by atoms with Crippen LogP contribution in [0.2, 0.25) is 5.02 Å². The lowest BCUT2D eigenvalue weighted by Crippen LogP contribution is -2.00. The first kappa shape index (κ1) is 12.1. The van der Waals surface area contributed by atoms with Gasteiger partial charge in [0.25, 0.3) is 0 Å². The largest absolute Gasteiger partial charge is 0.366 e. The average molecular weight is 296 g/mol. The topological polar surface area (TPSA) is 69.1 Å². The van der Waals surface area contributed by atoms with Crippen LogP contribution in [0.15, 0.2) is 48.5 Å². The third kappa shape index (κ3) is 1.82. The monoisotopic (exact) mass is 295 g/mol. The second kappa shape index (κ2) is 4.43. The zero-order valence-corrected chi connectivity index (χ0v) is 11.6. The molecule has 6 heteroatoms. The summed E-state index contributed by atoms with van der Waals surface area (Å²) < 4.78 is 1.64. The minimum absolute atomic E-state index is 0.210. The van der Waals surface area contributed by atoms with Crippen LogP contribution in [0.1, 0.15) is 0 Å². The van der Waals surface area contributed by atoms with Crippen LogP contribution >= 0.6 is 11.6 Å². The Morgan fingerprint density at radius 1 is 0.952 bits per heavy atom. The molecule has 0 aliphatic rings. The van der Waals surface area contributed by atoms with Crippen LogP contribution in [0.5, 0.6) is 0 Å². The Morgan fingerprint density at radius 3 is 2.57 bits per heavy atom. The van der Waals surface area contributed by atoms with Gasteiger partial charge in [-0.25, -0.2) is 4.98 Å². The van der Waals surface area contributed by atoms with E-state index in [0.29, 0.717) is 16.5 Å². The van der Waals surface area contributed by atoms with Crippen LogP contribution in [0.4, 0.5) is 5.95 Å². The summed E-state index contributed by atoms with van der Waals surface area (Å²) in [5.41, 5.74) is 8.05. The SMILES string of the molecule is Nc1nc2c3ccccc3nc(-c3ccccc3Cl)n2n1. The summed E-state index contributed by atoms with van der Waals surface area (Å²) in [5, 5.41) is 5.75. The van der Waals surface area contributed by atoms with Gasteiger partial charge in [0.2, 0.25) is 5.95 Å². The number of aromatic nitrogens is 4. The maximum atomic E-state index is 6.28. The molecule has 0 amide bonds. The predicted molar refractivity (Wildman–Crippen MR) is 83.1 cm³/mol. The van der Waals surface area contributed by atoms with Gasteiger partial charge in [0.15, 0.2) is 11.5 Å². The zero-order valence-electron chi connectivity index (χ0n) is 10.9. The highest BCUT2D eigenvalue weighted by Gasteiger charge is 2.15. The van der Waals surface area contributed by atoms with Crippen LogP contribution in [0, 0.1) is 0 Å². The number of rotatable bonds is 1. The van der Waals surface area contributed by atoms with Gasteiger partial charge in [0.05, 0.1) is 10.5 Å². The molecule has 0 radical (unpaired) electrons. The molecular weight excluding hydrogens is 286 g/mol. The summed E-state index contributed by atoms with van der Waals surface area (Å²) in [6.45, 7) is 0. The van der Waals surface area contributed by atoms with Crippen LogP contribution in [-0.4, -0.2) is 19.6 Å². The normalized spacial score (nSPS) is 11.3. The smallest absolute Gasteiger partial charge is 0.240 e. The fraction of sp³-hybridized carbons (Fsp3) is 0. The quantitative estimate of drug-likeness (QED) is 0.585. The van der Waals surface area contributed by atoms with Gasteiger partial charge in [-0.1, -0.05) is 35.9 Å². The molecule has 4 aromatic rings. The van der Waals surface area contributed by atoms with Crippen molar-refractivity contribution in [2.75, 3.05) is 5.73 Å². The second-order valence-electron chi connectivity index (χ2n) is 4.64. The lowest BCUT2D eigenvalue weighted by atomic mass is 10.2. The van der Waals surface area contributed by atoms with Crippen LogP contribution in [0.3, 0.4) is 0 Å². The minimum atomic E-state index is 0.210. The van der Waals surface area contributed by atoms with Crippen molar-refractivity contribution in [3.63, 3.8) is 0 Å². The van der Waals surface area contributed by atoms with Crippen LogP contribution in [-0.2, 0) is 0 Å². The Morgan fingerprint density at radius 2 is 1.71 bits per heavy atom. The van der Waals surface area contributed by atoms with E-state index in [1.165, 1.54) is 0 Å². The van der Waals surface area contributed by atoms with Crippen molar-refractivity contribution >= 4 is 34.1 Å². The number of nitrogens with zero attached hydrogens (tertiary/aromatic N) is 4. The van der Waals surface area contributed by atoms with Crippen molar-refractivity contribution < 1.29 is 0 Å². The number of anilines is 1. The molecule has 0 spiro atoms. The van der Waals surface area contributed by atoms with Crippen molar-refractivity contribution in [2.24, 2.45) is 0 Å². The molecule has 0 aliphatic carbocycles. The van der Waals surface area contributed by atoms with Crippen LogP contribution in [0.25, 0.3) is 27.9 Å². The lowest BCUT2D eigenvalue weighted by Gasteiger charge is -2.07. The van der Waals surface area contributed by atoms with E-state index in [1.807, 2.05) is 48.5 Å². The molecule has 0 aliphatic heterocycles. The molecule has 0 bridgehead atoms. The van der Waals surface area contributed by atoms with E-state index in [0.717, 1.165) is 16.5 Å². The molecule has 0 fully saturated rings. The van der Waals surface area contributed by atoms with Crippen molar-refractivity contribution in [3.05, 3.63) is 53.6 Å². The highest BCUT2D eigenvalue weighted by Crippen LogP contribution is 2.29. The fourth-order valence-corrected chi connectivity index (χ4v) is 2.61. The molecular formula is C15H10ClN5. The van der Waals surface area contributed by atoms with Gasteiger partial charge >= 0.3 is 0 Å². The lowest BCUT2D eigenvalue weighted by molar-refractivity contribution is 0.951. The first-order valence-electron chi connectivity index (χ1n) is 6.40. The van der Waals surface area contributed by atoms with Crippen molar-refractivity contribution in [2.45, 2.75) is 0 Å². The number of nitrogens with two attached hydrogens (primary N) is 1. The molecule has 0 unspecified atom stereocenters. The highest BCUT2D eigenvalue weighted by molar-refractivity contribution is 6.33. The molecule has 2 aromatic carbocycles. The van der Waals surface area contributed by atoms with Crippen molar-refractivity contribution in [3.8, 4) is 11.4 Å². The standard InChI is InChI=1S/C15H10ClN5/c16-11-7-3-1-5-9(11)13-18-12-8-4-2-6-10(12)14-19-15(17)20-21(13)14/h1-8H,(H2,17,20). The highest BCUT2D eigenvalue weighted by atomic mass is 35.5. The van der Waals surface area contributed by atoms with E-state index in [4.69, 9.17) is 17.3 Å². The molecule has 2 aromatic heterocycles. The second-order valence-corrected chi connectivity index (χ2v) is 5.05. The number of nitrogen functional groups attached to an aromatic ring is 1. The van der Waals surface area contributed by atoms with Gasteiger partial charge in [0, 0.05) is 10.9 Å². The van der Waals surface area contributed by atoms with E-state index in [-0.39, 0.29) is 5.95 Å². The number of benzene rings is 2. The first-order chi connectivity index (χ1) is 10.2. The molecule has 2 heterocycles. The van der Waals surface area contributed by atoms with Crippen LogP contribution < -0.4 is 5.73 Å². The number of para-hydroxylation sites is 1. The fourth-order valence-electron chi connectivity index (χ4n) is 2.39. The van der Waals surface area contributed by atoms with Gasteiger partial charge in [-0.3, -0.25) is 0 Å². The molecule has 0 atom stereocenters. The number of fused-ring (bicyclic) bond motifs is 3. The Balaban J connectivity index is 2.19. The molecule has 2 N–H and O–H groups in total. The third-order valence-corrected chi connectivity index (χ3v) is 3.64. The third-order valence-electron chi connectivity index (χ3n) is 3.31. The number of hydrogen-bond acceptors (Lipinski definition) is 4. The van der Waals surface area contributed by atoms with E-state index >= 15 is 0 Å². The van der Waals surface area contributed by atoms with Gasteiger partial charge in [-0.2, -0.15) is 9.50 Å². The summed E-state index contributed by atoms with van der Waals surface area (Å²) in [6, 6.07) is 15.2. The summed E-state index contributed by atoms with van der Waals surface area (Å²) >= 11 is 6.28. The van der Waals surface area contributed by atoms with Gasteiger partial charge in [0.1, 0.15) is 0 Å². The molecule has 5 nitrogen and oxygen atoms in total. The van der Waals surface area contributed by atoms with E-state index in [1.54, 1.807) is 4.52 Å². The Labute approximate surface area is 125 Å². The van der Waals surface area contributed by atoms with Gasteiger partial charge in [-0.05, 0) is 24.3 Å². The molecule has 102 valence electrons. The molecule has 4 rings (SSSR count). The Kier molecular flexibility index (Phi) is 2.55. The predicted octanol–water partition coefficient (Wildman–Crippen LogP) is 3.18. The Bertz CT molecular complexity index is 976. The molecule has 0 saturated carbocycles. The maximum absolute atomic E-state index is 6.28. The van der Waals surface area contributed by atoms with E-state index in [2.05, 4.69) is 15.1 Å². The van der Waals surface area contributed by atoms with E-state index < -0.39 is 0 Å². The minimum Gasteiger partial charge on any atom is -0.366 e. The summed E-state index contributed by atoms with van der Waals surface area (Å²) in [5.74, 6) is 0.833. The van der Waals surface area contributed by atoms with Gasteiger partial charge < -0.3 is 5.73 Å². The number of halogens is 1. The van der Waals surface area contributed by atoms with Crippen molar-refractivity contribution in [1.82, 2.24) is 19.6 Å². The summed E-state index contributed by atoms with van der Waals surface area (Å²) in [6.07, 6.45) is 0. The Hall–Kier alpha value is -2.66. The van der Waals surface area contributed by atoms with Gasteiger partial charge in [-0.15, -0.1) is 5.10 Å².